The van der Waals surface area contributed by atoms with Gasteiger partial charge in [0.25, 0.3) is 0 Å². The normalized spacial score (nSPS) is 30.3. The number of hydrogen-bond donors (Lipinski definition) is 0. The second kappa shape index (κ2) is 6.71. The second-order valence-electron chi connectivity index (χ2n) is 6.93. The number of carbonyl (C=O) groups excluding carboxylic acids is 3. The molecule has 118 valence electrons. The average Bonchev–Trinajstić information content (AvgIpc) is 2.74. The number of rotatable bonds is 5. The molecule has 0 aromatic carbocycles. The van der Waals surface area contributed by atoms with Crippen molar-refractivity contribution in [1.82, 2.24) is 4.90 Å². The van der Waals surface area contributed by atoms with Crippen molar-refractivity contribution in [3.8, 4) is 0 Å². The van der Waals surface area contributed by atoms with Crippen molar-refractivity contribution in [1.29, 1.82) is 0 Å². The third kappa shape index (κ3) is 3.53. The van der Waals surface area contributed by atoms with E-state index in [-0.39, 0.29) is 29.6 Å². The second-order valence-corrected chi connectivity index (χ2v) is 6.93. The SMILES string of the molecule is CCC1CC(=O)N(CC2CCC(C(=O)C(C)C)CC2)C1=O. The molecular formula is C17H27NO3. The van der Waals surface area contributed by atoms with Gasteiger partial charge in [0, 0.05) is 30.7 Å². The molecule has 0 N–H and O–H groups in total. The number of Topliss-reactive ketones (excluding diaryl/α,β-unsaturated/α-hetero) is 1. The number of amides is 2. The van der Waals surface area contributed by atoms with Crippen molar-refractivity contribution in [2.75, 3.05) is 6.54 Å². The highest BCUT2D eigenvalue weighted by atomic mass is 16.2. The van der Waals surface area contributed by atoms with Crippen LogP contribution in [0.3, 0.4) is 0 Å². The quantitative estimate of drug-likeness (QED) is 0.732. The van der Waals surface area contributed by atoms with Gasteiger partial charge in [0.15, 0.2) is 0 Å². The van der Waals surface area contributed by atoms with Crippen LogP contribution in [0.4, 0.5) is 0 Å². The number of hydrogen-bond acceptors (Lipinski definition) is 3. The molecule has 0 radical (unpaired) electrons. The van der Waals surface area contributed by atoms with E-state index in [0.717, 1.165) is 32.1 Å². The Morgan fingerprint density at radius 2 is 1.81 bits per heavy atom. The fourth-order valence-corrected chi connectivity index (χ4v) is 3.62. The molecule has 0 spiro atoms. The first-order chi connectivity index (χ1) is 9.93. The number of ketones is 1. The highest BCUT2D eigenvalue weighted by Crippen LogP contribution is 2.33. The Kier molecular flexibility index (Phi) is 5.17. The van der Waals surface area contributed by atoms with E-state index in [1.807, 2.05) is 20.8 Å². The van der Waals surface area contributed by atoms with Gasteiger partial charge in [-0.15, -0.1) is 0 Å². The minimum atomic E-state index is -0.101. The Hall–Kier alpha value is -1.19. The van der Waals surface area contributed by atoms with Crippen molar-refractivity contribution in [3.05, 3.63) is 0 Å². The van der Waals surface area contributed by atoms with Crippen LogP contribution in [0.2, 0.25) is 0 Å². The van der Waals surface area contributed by atoms with Crippen molar-refractivity contribution in [2.45, 2.75) is 59.3 Å². The number of likely N-dealkylation sites (tertiary alicyclic amines) is 1. The topological polar surface area (TPSA) is 54.5 Å². The maximum atomic E-state index is 12.1. The summed E-state index contributed by atoms with van der Waals surface area (Å²) in [5, 5.41) is 0. The van der Waals surface area contributed by atoms with Crippen LogP contribution in [0.25, 0.3) is 0 Å². The lowest BCUT2D eigenvalue weighted by Crippen LogP contribution is -2.37. The smallest absolute Gasteiger partial charge is 0.232 e. The van der Waals surface area contributed by atoms with Gasteiger partial charge in [-0.1, -0.05) is 20.8 Å². The summed E-state index contributed by atoms with van der Waals surface area (Å²) >= 11 is 0. The summed E-state index contributed by atoms with van der Waals surface area (Å²) in [7, 11) is 0. The van der Waals surface area contributed by atoms with Crippen molar-refractivity contribution in [2.24, 2.45) is 23.7 Å². The molecule has 1 unspecified atom stereocenters. The zero-order valence-corrected chi connectivity index (χ0v) is 13.4. The molecule has 2 amide bonds. The van der Waals surface area contributed by atoms with Gasteiger partial charge in [0.05, 0.1) is 0 Å². The van der Waals surface area contributed by atoms with Crippen LogP contribution in [0, 0.1) is 23.7 Å². The average molecular weight is 293 g/mol. The summed E-state index contributed by atoms with van der Waals surface area (Å²) in [5.74, 6) is 0.956. The van der Waals surface area contributed by atoms with Crippen LogP contribution in [-0.4, -0.2) is 29.0 Å². The summed E-state index contributed by atoms with van der Waals surface area (Å²) in [6.07, 6.45) is 4.87. The van der Waals surface area contributed by atoms with Crippen LogP contribution in [0.5, 0.6) is 0 Å². The highest BCUT2D eigenvalue weighted by Gasteiger charge is 2.39. The van der Waals surface area contributed by atoms with E-state index in [1.54, 1.807) is 0 Å². The van der Waals surface area contributed by atoms with Crippen molar-refractivity contribution >= 4 is 17.6 Å². The molecule has 0 aromatic heterocycles. The molecule has 4 heteroatoms. The molecule has 21 heavy (non-hydrogen) atoms. The van der Waals surface area contributed by atoms with Gasteiger partial charge >= 0.3 is 0 Å². The molecule has 1 heterocycles. The molecule has 0 bridgehead atoms. The van der Waals surface area contributed by atoms with Gasteiger partial charge in [0.2, 0.25) is 11.8 Å². The largest absolute Gasteiger partial charge is 0.299 e. The standard InChI is InChI=1S/C17H27NO3/c1-4-13-9-15(19)18(17(13)21)10-12-5-7-14(8-6-12)16(20)11(2)3/h11-14H,4-10H2,1-3H3. The Balaban J connectivity index is 1.85. The van der Waals surface area contributed by atoms with E-state index >= 15 is 0 Å². The summed E-state index contributed by atoms with van der Waals surface area (Å²) in [5.41, 5.74) is 0. The Morgan fingerprint density at radius 1 is 1.19 bits per heavy atom. The van der Waals surface area contributed by atoms with E-state index in [2.05, 4.69) is 0 Å². The zero-order valence-electron chi connectivity index (χ0n) is 13.4. The molecule has 1 saturated heterocycles. The molecule has 0 aromatic rings. The fourth-order valence-electron chi connectivity index (χ4n) is 3.62. The van der Waals surface area contributed by atoms with Gasteiger partial charge in [-0.05, 0) is 38.0 Å². The van der Waals surface area contributed by atoms with Gasteiger partial charge in [-0.25, -0.2) is 0 Å². The summed E-state index contributed by atoms with van der Waals surface area (Å²) in [6.45, 7) is 6.45. The zero-order chi connectivity index (χ0) is 15.6. The first-order valence-electron chi connectivity index (χ1n) is 8.31. The molecule has 4 nitrogen and oxygen atoms in total. The lowest BCUT2D eigenvalue weighted by atomic mass is 9.77. The number of nitrogens with zero attached hydrogens (tertiary/aromatic N) is 1. The summed E-state index contributed by atoms with van der Waals surface area (Å²) in [4.78, 5) is 37.6. The molecule has 1 aliphatic heterocycles. The predicted octanol–water partition coefficient (Wildman–Crippen LogP) is 2.80. The van der Waals surface area contributed by atoms with Crippen LogP contribution < -0.4 is 0 Å². The molecule has 2 fully saturated rings. The Morgan fingerprint density at radius 3 is 2.29 bits per heavy atom. The molecule has 2 rings (SSSR count). The number of carbonyl (C=O) groups is 3. The maximum absolute atomic E-state index is 12.1. The Labute approximate surface area is 127 Å². The minimum absolute atomic E-state index is 0.00719. The molecule has 1 aliphatic carbocycles. The molecule has 1 saturated carbocycles. The van der Waals surface area contributed by atoms with Crippen molar-refractivity contribution < 1.29 is 14.4 Å². The van der Waals surface area contributed by atoms with Crippen LogP contribution in [0.1, 0.15) is 59.3 Å². The fraction of sp³-hybridized carbons (Fsp3) is 0.824. The highest BCUT2D eigenvalue weighted by molar-refractivity contribution is 6.03. The van der Waals surface area contributed by atoms with Crippen LogP contribution in [-0.2, 0) is 14.4 Å². The minimum Gasteiger partial charge on any atom is -0.299 e. The van der Waals surface area contributed by atoms with Crippen LogP contribution >= 0.6 is 0 Å². The van der Waals surface area contributed by atoms with Gasteiger partial charge in [-0.3, -0.25) is 19.3 Å². The molecule has 1 atom stereocenters. The van der Waals surface area contributed by atoms with E-state index in [1.165, 1.54) is 4.90 Å². The van der Waals surface area contributed by atoms with E-state index in [9.17, 15) is 14.4 Å². The first-order valence-corrected chi connectivity index (χ1v) is 8.31. The Bertz CT molecular complexity index is 422. The van der Waals surface area contributed by atoms with E-state index in [0.29, 0.717) is 24.7 Å². The van der Waals surface area contributed by atoms with Gasteiger partial charge in [0.1, 0.15) is 5.78 Å². The monoisotopic (exact) mass is 293 g/mol. The summed E-state index contributed by atoms with van der Waals surface area (Å²) < 4.78 is 0. The number of imide groups is 1. The van der Waals surface area contributed by atoms with E-state index in [4.69, 9.17) is 0 Å². The third-order valence-electron chi connectivity index (χ3n) is 5.09. The lowest BCUT2D eigenvalue weighted by molar-refractivity contribution is -0.140. The predicted molar refractivity (Wildman–Crippen MR) is 80.4 cm³/mol. The maximum Gasteiger partial charge on any atom is 0.232 e. The van der Waals surface area contributed by atoms with E-state index < -0.39 is 0 Å². The summed E-state index contributed by atoms with van der Waals surface area (Å²) in [6, 6.07) is 0. The van der Waals surface area contributed by atoms with Gasteiger partial charge in [-0.2, -0.15) is 0 Å². The first kappa shape index (κ1) is 16.2. The molecule has 2 aliphatic rings. The van der Waals surface area contributed by atoms with Crippen molar-refractivity contribution in [3.63, 3.8) is 0 Å². The third-order valence-corrected chi connectivity index (χ3v) is 5.09. The lowest BCUT2D eigenvalue weighted by Gasteiger charge is -2.30. The van der Waals surface area contributed by atoms with Crippen LogP contribution in [0.15, 0.2) is 0 Å². The molecular weight excluding hydrogens is 266 g/mol. The van der Waals surface area contributed by atoms with Gasteiger partial charge < -0.3 is 0 Å².